The molecule has 1 saturated heterocycles. The summed E-state index contributed by atoms with van der Waals surface area (Å²) < 4.78 is 6.42. The third-order valence-corrected chi connectivity index (χ3v) is 4.41. The Morgan fingerprint density at radius 1 is 1.35 bits per heavy atom. The molecule has 7 nitrogen and oxygen atoms in total. The molecule has 0 unspecified atom stereocenters. The van der Waals surface area contributed by atoms with Crippen LogP contribution in [0.4, 0.5) is 0 Å². The molecule has 3 rings (SSSR count). The third-order valence-electron chi connectivity index (χ3n) is 4.41. The molecular weight excluding hydrogens is 296 g/mol. The number of rotatable bonds is 4. The lowest BCUT2D eigenvalue weighted by Gasteiger charge is -2.30. The summed E-state index contributed by atoms with van der Waals surface area (Å²) in [6.07, 6.45) is 3.37. The van der Waals surface area contributed by atoms with E-state index in [2.05, 4.69) is 10.1 Å². The molecule has 2 aromatic heterocycles. The summed E-state index contributed by atoms with van der Waals surface area (Å²) in [6.45, 7) is 3.69. The largest absolute Gasteiger partial charge is 0.343 e. The molecule has 0 aliphatic carbocycles. The number of carbonyl (C=O) groups excluding carboxylic acids is 1. The van der Waals surface area contributed by atoms with Crippen molar-refractivity contribution in [3.05, 3.63) is 46.5 Å². The van der Waals surface area contributed by atoms with Gasteiger partial charge in [0.1, 0.15) is 0 Å². The summed E-state index contributed by atoms with van der Waals surface area (Å²) in [4.78, 5) is 30.1. The Morgan fingerprint density at radius 2 is 2.13 bits per heavy atom. The van der Waals surface area contributed by atoms with Gasteiger partial charge in [0.05, 0.1) is 0 Å². The second kappa shape index (κ2) is 6.76. The summed E-state index contributed by atoms with van der Waals surface area (Å²) in [6, 6.07) is 5.13. The van der Waals surface area contributed by atoms with Crippen LogP contribution in [0.2, 0.25) is 0 Å². The zero-order valence-electron chi connectivity index (χ0n) is 13.1. The molecule has 1 aliphatic heterocycles. The van der Waals surface area contributed by atoms with Gasteiger partial charge in [-0.2, -0.15) is 4.98 Å². The highest BCUT2D eigenvalue weighted by atomic mass is 16.5. The molecule has 1 amide bonds. The Morgan fingerprint density at radius 3 is 2.78 bits per heavy atom. The van der Waals surface area contributed by atoms with Crippen molar-refractivity contribution in [2.24, 2.45) is 0 Å². The maximum atomic E-state index is 12.3. The van der Waals surface area contributed by atoms with Crippen LogP contribution in [0.15, 0.2) is 33.9 Å². The first-order valence-electron chi connectivity index (χ1n) is 7.85. The summed E-state index contributed by atoms with van der Waals surface area (Å²) >= 11 is 0. The minimum atomic E-state index is -0.0615. The van der Waals surface area contributed by atoms with E-state index in [9.17, 15) is 9.59 Å². The Kier molecular flexibility index (Phi) is 4.55. The van der Waals surface area contributed by atoms with Gasteiger partial charge in [0.15, 0.2) is 5.82 Å². The van der Waals surface area contributed by atoms with Crippen molar-refractivity contribution in [3.8, 4) is 0 Å². The Hall–Kier alpha value is -2.44. The second-order valence-corrected chi connectivity index (χ2v) is 5.85. The number of pyridine rings is 1. The van der Waals surface area contributed by atoms with Gasteiger partial charge in [-0.3, -0.25) is 9.59 Å². The van der Waals surface area contributed by atoms with Crippen molar-refractivity contribution in [1.29, 1.82) is 0 Å². The summed E-state index contributed by atoms with van der Waals surface area (Å²) in [5, 5.41) is 3.88. The van der Waals surface area contributed by atoms with Gasteiger partial charge in [0, 0.05) is 43.7 Å². The van der Waals surface area contributed by atoms with Gasteiger partial charge in [0.2, 0.25) is 12.3 Å². The average molecular weight is 316 g/mol. The molecule has 0 saturated carbocycles. The molecule has 2 aromatic rings. The predicted octanol–water partition coefficient (Wildman–Crippen LogP) is 1.34. The van der Waals surface area contributed by atoms with E-state index in [1.165, 1.54) is 12.5 Å². The molecular formula is C16H20N4O3. The Labute approximate surface area is 133 Å². The van der Waals surface area contributed by atoms with Crippen LogP contribution in [0, 0.1) is 6.92 Å². The van der Waals surface area contributed by atoms with Crippen LogP contribution < -0.4 is 5.56 Å². The number of hydrogen-bond acceptors (Lipinski definition) is 5. The summed E-state index contributed by atoms with van der Waals surface area (Å²) in [5.74, 6) is 1.08. The molecule has 7 heteroatoms. The highest BCUT2D eigenvalue weighted by Gasteiger charge is 2.26. The zero-order valence-corrected chi connectivity index (χ0v) is 13.1. The molecule has 0 spiro atoms. The molecule has 0 bridgehead atoms. The molecule has 122 valence electrons. The predicted molar refractivity (Wildman–Crippen MR) is 82.9 cm³/mol. The van der Waals surface area contributed by atoms with Crippen molar-refractivity contribution in [2.75, 3.05) is 13.1 Å². The highest BCUT2D eigenvalue weighted by molar-refractivity contribution is 5.76. The highest BCUT2D eigenvalue weighted by Crippen LogP contribution is 2.25. The fourth-order valence-electron chi connectivity index (χ4n) is 3.02. The monoisotopic (exact) mass is 316 g/mol. The lowest BCUT2D eigenvalue weighted by molar-refractivity contribution is -0.132. The van der Waals surface area contributed by atoms with E-state index < -0.39 is 0 Å². The van der Waals surface area contributed by atoms with Crippen LogP contribution in [-0.2, 0) is 11.3 Å². The Bertz CT molecular complexity index is 715. The zero-order chi connectivity index (χ0) is 16.2. The molecule has 0 aromatic carbocycles. The maximum absolute atomic E-state index is 12.3. The van der Waals surface area contributed by atoms with Crippen LogP contribution in [-0.4, -0.2) is 38.6 Å². The van der Waals surface area contributed by atoms with Gasteiger partial charge < -0.3 is 14.0 Å². The van der Waals surface area contributed by atoms with E-state index in [1.54, 1.807) is 10.6 Å². The molecule has 0 radical (unpaired) electrons. The smallest absolute Gasteiger partial charge is 0.250 e. The molecule has 0 atom stereocenters. The van der Waals surface area contributed by atoms with Crippen LogP contribution in [0.25, 0.3) is 0 Å². The van der Waals surface area contributed by atoms with E-state index >= 15 is 0 Å². The molecule has 0 N–H and O–H groups in total. The first-order valence-corrected chi connectivity index (χ1v) is 7.85. The van der Waals surface area contributed by atoms with Crippen LogP contribution in [0.3, 0.4) is 0 Å². The standard InChI is InChI=1S/C16H20N4O3/c1-12-3-2-4-15(22)20(12)10-7-14(21)19-8-5-13(6-9-19)16-17-11-23-18-16/h2-4,11,13H,5-10H2,1H3. The minimum absolute atomic E-state index is 0.0615. The maximum Gasteiger partial charge on any atom is 0.250 e. The first-order chi connectivity index (χ1) is 11.1. The number of likely N-dealkylation sites (tertiary alicyclic amines) is 1. The van der Waals surface area contributed by atoms with Gasteiger partial charge in [-0.05, 0) is 25.8 Å². The van der Waals surface area contributed by atoms with E-state index in [4.69, 9.17) is 4.52 Å². The number of piperidine rings is 1. The van der Waals surface area contributed by atoms with E-state index in [-0.39, 0.29) is 17.4 Å². The minimum Gasteiger partial charge on any atom is -0.343 e. The number of carbonyl (C=O) groups is 1. The summed E-state index contributed by atoms with van der Waals surface area (Å²) in [5.41, 5.74) is 0.815. The number of amides is 1. The fourth-order valence-corrected chi connectivity index (χ4v) is 3.02. The van der Waals surface area contributed by atoms with Crippen molar-refractivity contribution in [1.82, 2.24) is 19.6 Å². The number of nitrogens with zero attached hydrogens (tertiary/aromatic N) is 4. The van der Waals surface area contributed by atoms with Crippen molar-refractivity contribution < 1.29 is 9.32 Å². The first kappa shape index (κ1) is 15.5. The van der Waals surface area contributed by atoms with Gasteiger partial charge >= 0.3 is 0 Å². The molecule has 3 heterocycles. The number of hydrogen-bond donors (Lipinski definition) is 0. The van der Waals surface area contributed by atoms with Crippen molar-refractivity contribution >= 4 is 5.91 Å². The average Bonchev–Trinajstić information content (AvgIpc) is 3.09. The number of aryl methyl sites for hydroxylation is 1. The topological polar surface area (TPSA) is 81.2 Å². The molecule has 1 aliphatic rings. The normalized spacial score (nSPS) is 15.8. The van der Waals surface area contributed by atoms with Gasteiger partial charge in [0.25, 0.3) is 5.56 Å². The van der Waals surface area contributed by atoms with E-state index in [1.807, 2.05) is 17.9 Å². The van der Waals surface area contributed by atoms with Crippen LogP contribution in [0.1, 0.15) is 36.7 Å². The second-order valence-electron chi connectivity index (χ2n) is 5.85. The van der Waals surface area contributed by atoms with Gasteiger partial charge in [-0.1, -0.05) is 11.2 Å². The SMILES string of the molecule is Cc1cccc(=O)n1CCC(=O)N1CCC(c2ncon2)CC1. The van der Waals surface area contributed by atoms with Crippen LogP contribution >= 0.6 is 0 Å². The fraction of sp³-hybridized carbons (Fsp3) is 0.500. The Balaban J connectivity index is 1.53. The quantitative estimate of drug-likeness (QED) is 0.850. The lowest BCUT2D eigenvalue weighted by Crippen LogP contribution is -2.39. The van der Waals surface area contributed by atoms with E-state index in [0.29, 0.717) is 26.1 Å². The van der Waals surface area contributed by atoms with Gasteiger partial charge in [-0.15, -0.1) is 0 Å². The van der Waals surface area contributed by atoms with Crippen molar-refractivity contribution in [3.63, 3.8) is 0 Å². The van der Waals surface area contributed by atoms with Gasteiger partial charge in [-0.25, -0.2) is 0 Å². The van der Waals surface area contributed by atoms with Crippen molar-refractivity contribution in [2.45, 2.75) is 38.6 Å². The third kappa shape index (κ3) is 3.49. The van der Waals surface area contributed by atoms with E-state index in [0.717, 1.165) is 24.4 Å². The summed E-state index contributed by atoms with van der Waals surface area (Å²) in [7, 11) is 0. The molecule has 1 fully saturated rings. The lowest BCUT2D eigenvalue weighted by atomic mass is 9.96. The van der Waals surface area contributed by atoms with Crippen LogP contribution in [0.5, 0.6) is 0 Å². The number of aromatic nitrogens is 3. The molecule has 23 heavy (non-hydrogen) atoms.